The molecule has 0 aliphatic carbocycles. The third-order valence-corrected chi connectivity index (χ3v) is 2.36. The number of aromatic nitrogens is 4. The maximum atomic E-state index is 5.71. The van der Waals surface area contributed by atoms with Gasteiger partial charge >= 0.3 is 0 Å². The zero-order chi connectivity index (χ0) is 10.7. The molecule has 0 bridgehead atoms. The monoisotopic (exact) mass is 222 g/mol. The molecule has 2 aromatic rings. The number of halogens is 1. The summed E-state index contributed by atoms with van der Waals surface area (Å²) < 4.78 is 1.92. The summed E-state index contributed by atoms with van der Waals surface area (Å²) in [5.74, 6) is 2.11. The average molecular weight is 223 g/mol. The van der Waals surface area contributed by atoms with Crippen LogP contribution in [0.4, 0.5) is 0 Å². The van der Waals surface area contributed by atoms with Gasteiger partial charge in [-0.15, -0.1) is 11.6 Å². The number of imidazole rings is 1. The zero-order valence-electron chi connectivity index (χ0n) is 8.39. The first-order valence-electron chi connectivity index (χ1n) is 4.74. The summed E-state index contributed by atoms with van der Waals surface area (Å²) in [7, 11) is 0. The van der Waals surface area contributed by atoms with Crippen molar-refractivity contribution in [1.82, 2.24) is 19.5 Å². The van der Waals surface area contributed by atoms with Gasteiger partial charge in [-0.25, -0.2) is 9.97 Å². The number of hydrogen-bond acceptors (Lipinski definition) is 3. The van der Waals surface area contributed by atoms with Crippen LogP contribution in [0, 0.1) is 0 Å². The van der Waals surface area contributed by atoms with Crippen molar-refractivity contribution in [2.24, 2.45) is 0 Å². The van der Waals surface area contributed by atoms with E-state index < -0.39 is 0 Å². The number of aryl methyl sites for hydroxylation is 1. The van der Waals surface area contributed by atoms with E-state index in [1.165, 1.54) is 0 Å². The lowest BCUT2D eigenvalue weighted by molar-refractivity contribution is 0.852. The van der Waals surface area contributed by atoms with Gasteiger partial charge in [0.05, 0.1) is 17.8 Å². The van der Waals surface area contributed by atoms with Crippen molar-refractivity contribution < 1.29 is 0 Å². The van der Waals surface area contributed by atoms with Crippen molar-refractivity contribution in [3.63, 3.8) is 0 Å². The third-order valence-electron chi connectivity index (χ3n) is 2.09. The van der Waals surface area contributed by atoms with E-state index in [1.54, 1.807) is 18.6 Å². The number of hydrogen-bond donors (Lipinski definition) is 0. The highest BCUT2D eigenvalue weighted by atomic mass is 35.5. The molecular weight excluding hydrogens is 212 g/mol. The SMILES string of the molecule is CCc1nccn1-c1cncc(CCl)n1. The summed E-state index contributed by atoms with van der Waals surface area (Å²) in [4.78, 5) is 12.7. The molecule has 0 saturated carbocycles. The Morgan fingerprint density at radius 3 is 3.00 bits per heavy atom. The van der Waals surface area contributed by atoms with Gasteiger partial charge in [0.15, 0.2) is 5.82 Å². The molecule has 0 unspecified atom stereocenters. The molecule has 0 aromatic carbocycles. The molecule has 2 aromatic heterocycles. The quantitative estimate of drug-likeness (QED) is 0.746. The van der Waals surface area contributed by atoms with Crippen LogP contribution in [0.5, 0.6) is 0 Å². The molecule has 0 N–H and O–H groups in total. The molecule has 0 aliphatic rings. The van der Waals surface area contributed by atoms with Crippen molar-refractivity contribution in [2.45, 2.75) is 19.2 Å². The standard InChI is InChI=1S/C10H11ClN4/c1-2-9-13-3-4-15(9)10-7-12-6-8(5-11)14-10/h3-4,6-7H,2,5H2,1H3. The summed E-state index contributed by atoms with van der Waals surface area (Å²) in [6, 6.07) is 0. The Kier molecular flexibility index (Phi) is 2.97. The van der Waals surface area contributed by atoms with Gasteiger partial charge in [0, 0.05) is 25.0 Å². The summed E-state index contributed by atoms with van der Waals surface area (Å²) >= 11 is 5.71. The van der Waals surface area contributed by atoms with E-state index >= 15 is 0 Å². The Labute approximate surface area is 93.0 Å². The first-order valence-corrected chi connectivity index (χ1v) is 5.28. The van der Waals surface area contributed by atoms with Gasteiger partial charge in [-0.3, -0.25) is 9.55 Å². The van der Waals surface area contributed by atoms with E-state index in [-0.39, 0.29) is 0 Å². The molecule has 78 valence electrons. The molecule has 0 amide bonds. The van der Waals surface area contributed by atoms with Crippen molar-refractivity contribution in [2.75, 3.05) is 0 Å². The van der Waals surface area contributed by atoms with Crippen LogP contribution in [0.1, 0.15) is 18.4 Å². The maximum Gasteiger partial charge on any atom is 0.156 e. The molecule has 0 aliphatic heterocycles. The van der Waals surface area contributed by atoms with Gasteiger partial charge in [0.1, 0.15) is 5.82 Å². The van der Waals surface area contributed by atoms with Crippen molar-refractivity contribution in [3.05, 3.63) is 36.3 Å². The average Bonchev–Trinajstić information content (AvgIpc) is 2.77. The fraction of sp³-hybridized carbons (Fsp3) is 0.300. The topological polar surface area (TPSA) is 43.6 Å². The second kappa shape index (κ2) is 4.40. The lowest BCUT2D eigenvalue weighted by atomic mass is 10.4. The van der Waals surface area contributed by atoms with Crippen LogP contribution in [-0.4, -0.2) is 19.5 Å². The molecule has 0 radical (unpaired) electrons. The maximum absolute atomic E-state index is 5.71. The molecule has 5 heteroatoms. The minimum atomic E-state index is 0.372. The Morgan fingerprint density at radius 2 is 2.27 bits per heavy atom. The van der Waals surface area contributed by atoms with Crippen LogP contribution in [0.25, 0.3) is 5.82 Å². The largest absolute Gasteiger partial charge is 0.287 e. The van der Waals surface area contributed by atoms with Gasteiger partial charge in [0.2, 0.25) is 0 Å². The van der Waals surface area contributed by atoms with Crippen LogP contribution in [-0.2, 0) is 12.3 Å². The molecule has 2 heterocycles. The Balaban J connectivity index is 2.44. The summed E-state index contributed by atoms with van der Waals surface area (Å²) in [6.45, 7) is 2.05. The van der Waals surface area contributed by atoms with Crippen LogP contribution < -0.4 is 0 Å². The Bertz CT molecular complexity index is 452. The minimum absolute atomic E-state index is 0.372. The van der Waals surface area contributed by atoms with Gasteiger partial charge < -0.3 is 0 Å². The van der Waals surface area contributed by atoms with Gasteiger partial charge in [-0.1, -0.05) is 6.92 Å². The van der Waals surface area contributed by atoms with Crippen molar-refractivity contribution >= 4 is 11.6 Å². The van der Waals surface area contributed by atoms with Crippen LogP contribution in [0.2, 0.25) is 0 Å². The van der Waals surface area contributed by atoms with E-state index in [1.807, 2.05) is 10.8 Å². The summed E-state index contributed by atoms with van der Waals surface area (Å²) in [6.07, 6.45) is 7.87. The van der Waals surface area contributed by atoms with Gasteiger partial charge in [0.25, 0.3) is 0 Å². The molecule has 2 rings (SSSR count). The van der Waals surface area contributed by atoms with Crippen LogP contribution in [0.3, 0.4) is 0 Å². The molecule has 0 saturated heterocycles. The summed E-state index contributed by atoms with van der Waals surface area (Å²) in [5, 5.41) is 0. The van der Waals surface area contributed by atoms with Crippen LogP contribution >= 0.6 is 11.6 Å². The fourth-order valence-corrected chi connectivity index (χ4v) is 1.51. The number of alkyl halides is 1. The first-order chi connectivity index (χ1) is 7.35. The highest BCUT2D eigenvalue weighted by Crippen LogP contribution is 2.08. The van der Waals surface area contributed by atoms with Crippen LogP contribution in [0.15, 0.2) is 24.8 Å². The molecule has 0 spiro atoms. The second-order valence-corrected chi connectivity index (χ2v) is 3.34. The fourth-order valence-electron chi connectivity index (χ4n) is 1.38. The molecule has 0 fully saturated rings. The minimum Gasteiger partial charge on any atom is -0.287 e. The highest BCUT2D eigenvalue weighted by molar-refractivity contribution is 6.16. The summed E-state index contributed by atoms with van der Waals surface area (Å²) in [5.41, 5.74) is 0.768. The lowest BCUT2D eigenvalue weighted by Gasteiger charge is -2.05. The third kappa shape index (κ3) is 1.99. The van der Waals surface area contributed by atoms with E-state index in [0.29, 0.717) is 5.88 Å². The second-order valence-electron chi connectivity index (χ2n) is 3.07. The predicted molar refractivity (Wildman–Crippen MR) is 58.1 cm³/mol. The van der Waals surface area contributed by atoms with Gasteiger partial charge in [-0.2, -0.15) is 0 Å². The molecule has 0 atom stereocenters. The van der Waals surface area contributed by atoms with E-state index in [0.717, 1.165) is 23.8 Å². The Morgan fingerprint density at radius 1 is 1.40 bits per heavy atom. The number of nitrogens with zero attached hydrogens (tertiary/aromatic N) is 4. The van der Waals surface area contributed by atoms with E-state index in [2.05, 4.69) is 21.9 Å². The normalized spacial score (nSPS) is 10.5. The molecule has 15 heavy (non-hydrogen) atoms. The number of rotatable bonds is 3. The Hall–Kier alpha value is -1.42. The van der Waals surface area contributed by atoms with E-state index in [9.17, 15) is 0 Å². The van der Waals surface area contributed by atoms with Crippen molar-refractivity contribution in [1.29, 1.82) is 0 Å². The molecular formula is C10H11ClN4. The predicted octanol–water partition coefficient (Wildman–Crippen LogP) is 1.96. The zero-order valence-corrected chi connectivity index (χ0v) is 9.15. The molecule has 4 nitrogen and oxygen atoms in total. The van der Waals surface area contributed by atoms with Gasteiger partial charge in [-0.05, 0) is 0 Å². The smallest absolute Gasteiger partial charge is 0.156 e. The van der Waals surface area contributed by atoms with Crippen molar-refractivity contribution in [3.8, 4) is 5.82 Å². The van der Waals surface area contributed by atoms with E-state index in [4.69, 9.17) is 11.6 Å². The first kappa shape index (κ1) is 10.1. The lowest BCUT2D eigenvalue weighted by Crippen LogP contribution is -2.03. The highest BCUT2D eigenvalue weighted by Gasteiger charge is 2.04.